The number of hydrogen-bond donors (Lipinski definition) is 3. The van der Waals surface area contributed by atoms with Crippen molar-refractivity contribution in [2.24, 2.45) is 5.84 Å². The van der Waals surface area contributed by atoms with Crippen molar-refractivity contribution in [3.63, 3.8) is 0 Å². The van der Waals surface area contributed by atoms with E-state index in [-0.39, 0.29) is 5.69 Å². The minimum absolute atomic E-state index is 0.279. The number of nitrogens with one attached hydrogen (secondary N) is 2. The lowest BCUT2D eigenvalue weighted by Crippen LogP contribution is -2.28. The summed E-state index contributed by atoms with van der Waals surface area (Å²) in [6.07, 6.45) is -5.83. The number of benzene rings is 1. The minimum atomic E-state index is -4.50. The van der Waals surface area contributed by atoms with Gasteiger partial charge < -0.3 is 5.43 Å². The van der Waals surface area contributed by atoms with E-state index in [0.29, 0.717) is 0 Å². The summed E-state index contributed by atoms with van der Waals surface area (Å²) in [7, 11) is -4.23. The smallest absolute Gasteiger partial charge is 0.318 e. The third-order valence-corrected chi connectivity index (χ3v) is 3.79. The minimum Gasteiger partial charge on any atom is -0.318 e. The van der Waals surface area contributed by atoms with E-state index < -0.39 is 44.7 Å². The van der Waals surface area contributed by atoms with Gasteiger partial charge in [0.05, 0.1) is 16.2 Å². The van der Waals surface area contributed by atoms with E-state index in [1.807, 2.05) is 5.43 Å². The van der Waals surface area contributed by atoms with E-state index >= 15 is 0 Å². The van der Waals surface area contributed by atoms with E-state index in [0.717, 1.165) is 18.2 Å². The van der Waals surface area contributed by atoms with Crippen LogP contribution >= 0.6 is 0 Å². The van der Waals surface area contributed by atoms with Crippen LogP contribution in [0.25, 0.3) is 0 Å². The molecule has 0 heterocycles. The molecule has 1 aromatic rings. The van der Waals surface area contributed by atoms with E-state index in [2.05, 4.69) is 0 Å². The second-order valence-electron chi connectivity index (χ2n) is 3.84. The molecule has 0 aromatic heterocycles. The van der Waals surface area contributed by atoms with Crippen molar-refractivity contribution in [3.05, 3.63) is 28.3 Å². The molecule has 0 radical (unpaired) electrons. The molecule has 0 saturated heterocycles. The largest absolute Gasteiger partial charge is 0.390 e. The normalized spacial score (nSPS) is 12.2. The van der Waals surface area contributed by atoms with Crippen LogP contribution < -0.4 is 16.0 Å². The number of sulfonamides is 1. The van der Waals surface area contributed by atoms with Crippen LogP contribution in [0, 0.1) is 10.1 Å². The van der Waals surface area contributed by atoms with Crippen molar-refractivity contribution in [3.8, 4) is 0 Å². The van der Waals surface area contributed by atoms with E-state index in [1.165, 1.54) is 0 Å². The van der Waals surface area contributed by atoms with Gasteiger partial charge in [0.1, 0.15) is 5.69 Å². The molecule has 0 fully saturated rings. The van der Waals surface area contributed by atoms with Gasteiger partial charge in [0.15, 0.2) is 0 Å². The molecule has 118 valence electrons. The zero-order valence-electron chi connectivity index (χ0n) is 10.3. The van der Waals surface area contributed by atoms with Gasteiger partial charge in [-0.1, -0.05) is 0 Å². The topological polar surface area (TPSA) is 127 Å². The number of nitro benzene ring substituents is 1. The maximum Gasteiger partial charge on any atom is 0.390 e. The molecule has 0 saturated carbocycles. The molecule has 12 heteroatoms. The standard InChI is InChI=1S/C9H11F3N4O4S/c10-9(11,12)3-4-14-21(19,20)6-1-2-8(16(17)18)7(5-6)15-13/h1-2,5,14-15H,3-4,13H2. The second-order valence-corrected chi connectivity index (χ2v) is 5.61. The van der Waals surface area contributed by atoms with E-state index in [1.54, 1.807) is 4.72 Å². The number of alkyl halides is 3. The lowest BCUT2D eigenvalue weighted by molar-refractivity contribution is -0.384. The average molecular weight is 328 g/mol. The monoisotopic (exact) mass is 328 g/mol. The predicted molar refractivity (Wildman–Crippen MR) is 66.8 cm³/mol. The lowest BCUT2D eigenvalue weighted by Gasteiger charge is -2.10. The predicted octanol–water partition coefficient (Wildman–Crippen LogP) is 1.11. The fraction of sp³-hybridized carbons (Fsp3) is 0.333. The van der Waals surface area contributed by atoms with E-state index in [9.17, 15) is 31.7 Å². The Balaban J connectivity index is 2.96. The summed E-state index contributed by atoms with van der Waals surface area (Å²) in [5.74, 6) is 5.04. The average Bonchev–Trinajstić information content (AvgIpc) is 2.35. The molecule has 0 unspecified atom stereocenters. The number of hydrazine groups is 1. The van der Waals surface area contributed by atoms with Crippen LogP contribution in [0.2, 0.25) is 0 Å². The molecule has 8 nitrogen and oxygen atoms in total. The van der Waals surface area contributed by atoms with Gasteiger partial charge >= 0.3 is 6.18 Å². The highest BCUT2D eigenvalue weighted by Crippen LogP contribution is 2.26. The Labute approximate surface area is 117 Å². The SMILES string of the molecule is NNc1cc(S(=O)(=O)NCCC(F)(F)F)ccc1[N+](=O)[O-]. The Morgan fingerprint density at radius 2 is 1.95 bits per heavy atom. The molecule has 21 heavy (non-hydrogen) atoms. The number of hydrogen-bond acceptors (Lipinski definition) is 6. The Hall–Kier alpha value is -1.92. The molecular formula is C9H11F3N4O4S. The van der Waals surface area contributed by atoms with Gasteiger partial charge in [-0.2, -0.15) is 13.2 Å². The number of nitrogens with zero attached hydrogens (tertiary/aromatic N) is 1. The Morgan fingerprint density at radius 3 is 2.43 bits per heavy atom. The molecule has 1 aromatic carbocycles. The number of nitro groups is 1. The third-order valence-electron chi connectivity index (χ3n) is 2.33. The second kappa shape index (κ2) is 6.24. The van der Waals surface area contributed by atoms with Gasteiger partial charge in [-0.3, -0.25) is 16.0 Å². The maximum absolute atomic E-state index is 12.0. The third kappa shape index (κ3) is 4.84. The summed E-state index contributed by atoms with van der Waals surface area (Å²) in [5.41, 5.74) is 1.21. The van der Waals surface area contributed by atoms with Gasteiger partial charge in [0, 0.05) is 12.6 Å². The molecule has 0 bridgehead atoms. The summed E-state index contributed by atoms with van der Waals surface area (Å²) >= 11 is 0. The van der Waals surface area contributed by atoms with Crippen LogP contribution in [0.15, 0.2) is 23.1 Å². The molecule has 0 aliphatic heterocycles. The Kier molecular flexibility index (Phi) is 5.09. The summed E-state index contributed by atoms with van der Waals surface area (Å²) in [6, 6.07) is 2.64. The van der Waals surface area contributed by atoms with Crippen molar-refractivity contribution in [2.75, 3.05) is 12.0 Å². The number of halogens is 3. The lowest BCUT2D eigenvalue weighted by atomic mass is 10.3. The zero-order chi connectivity index (χ0) is 16.3. The Bertz CT molecular complexity index is 632. The summed E-state index contributed by atoms with van der Waals surface area (Å²) in [6.45, 7) is -0.839. The molecular weight excluding hydrogens is 317 g/mol. The fourth-order valence-corrected chi connectivity index (χ4v) is 2.43. The Morgan fingerprint density at radius 1 is 1.33 bits per heavy atom. The molecule has 0 aliphatic rings. The molecule has 0 aliphatic carbocycles. The van der Waals surface area contributed by atoms with Gasteiger partial charge in [-0.25, -0.2) is 13.1 Å². The van der Waals surface area contributed by atoms with Crippen LogP contribution in [-0.4, -0.2) is 26.1 Å². The highest BCUT2D eigenvalue weighted by Gasteiger charge is 2.28. The number of nitrogens with two attached hydrogens (primary N) is 1. The summed E-state index contributed by atoms with van der Waals surface area (Å²) in [5, 5.41) is 10.6. The first-order chi connectivity index (χ1) is 9.57. The summed E-state index contributed by atoms with van der Waals surface area (Å²) in [4.78, 5) is 9.41. The van der Waals surface area contributed by atoms with Crippen molar-refractivity contribution >= 4 is 21.4 Å². The van der Waals surface area contributed by atoms with Crippen LogP contribution in [0.3, 0.4) is 0 Å². The van der Waals surface area contributed by atoms with Crippen LogP contribution in [0.1, 0.15) is 6.42 Å². The maximum atomic E-state index is 12.0. The number of nitrogen functional groups attached to an aromatic ring is 1. The van der Waals surface area contributed by atoms with Crippen molar-refractivity contribution < 1.29 is 26.5 Å². The van der Waals surface area contributed by atoms with Crippen molar-refractivity contribution in [2.45, 2.75) is 17.5 Å². The molecule has 4 N–H and O–H groups in total. The summed E-state index contributed by atoms with van der Waals surface area (Å²) < 4.78 is 61.1. The zero-order valence-corrected chi connectivity index (χ0v) is 11.2. The molecule has 1 rings (SSSR count). The van der Waals surface area contributed by atoms with Crippen LogP contribution in [0.5, 0.6) is 0 Å². The highest BCUT2D eigenvalue weighted by molar-refractivity contribution is 7.89. The van der Waals surface area contributed by atoms with Crippen LogP contribution in [-0.2, 0) is 10.0 Å². The number of rotatable bonds is 6. The van der Waals surface area contributed by atoms with Gasteiger partial charge in [0.2, 0.25) is 10.0 Å². The number of anilines is 1. The van der Waals surface area contributed by atoms with Gasteiger partial charge in [-0.15, -0.1) is 0 Å². The molecule has 0 atom stereocenters. The molecule has 0 spiro atoms. The first kappa shape index (κ1) is 17.1. The molecule has 0 amide bonds. The van der Waals surface area contributed by atoms with E-state index in [4.69, 9.17) is 5.84 Å². The first-order valence-electron chi connectivity index (χ1n) is 5.38. The highest BCUT2D eigenvalue weighted by atomic mass is 32.2. The van der Waals surface area contributed by atoms with Gasteiger partial charge in [0.25, 0.3) is 5.69 Å². The van der Waals surface area contributed by atoms with Crippen LogP contribution in [0.4, 0.5) is 24.5 Å². The van der Waals surface area contributed by atoms with Crippen molar-refractivity contribution in [1.29, 1.82) is 0 Å². The van der Waals surface area contributed by atoms with Gasteiger partial charge in [-0.05, 0) is 12.1 Å². The first-order valence-corrected chi connectivity index (χ1v) is 6.86. The van der Waals surface area contributed by atoms with Crippen molar-refractivity contribution in [1.82, 2.24) is 4.72 Å². The quantitative estimate of drug-likeness (QED) is 0.408. The fourth-order valence-electron chi connectivity index (χ4n) is 1.37.